The Hall–Kier alpha value is -0.850. The van der Waals surface area contributed by atoms with Crippen molar-refractivity contribution in [3.05, 3.63) is 17.1 Å². The summed E-state index contributed by atoms with van der Waals surface area (Å²) < 4.78 is 32.1. The van der Waals surface area contributed by atoms with Gasteiger partial charge in [0.25, 0.3) is 0 Å². The minimum Gasteiger partial charge on any atom is -0.465 e. The van der Waals surface area contributed by atoms with Crippen molar-refractivity contribution < 1.29 is 12.8 Å². The van der Waals surface area contributed by atoms with Crippen molar-refractivity contribution in [2.45, 2.75) is 45.1 Å². The average Bonchev–Trinajstić information content (AvgIpc) is 2.53. The highest BCUT2D eigenvalue weighted by molar-refractivity contribution is 7.89. The van der Waals surface area contributed by atoms with E-state index in [1.807, 2.05) is 6.92 Å². The zero-order chi connectivity index (χ0) is 13.1. The van der Waals surface area contributed by atoms with Gasteiger partial charge in [0, 0.05) is 18.7 Å². The molecule has 6 heteroatoms. The standard InChI is InChI=1S/C11H20N2O3S/c1-4-5-6-13-17(14,15)11-9(3)16-8(2)10(11)7-12/h13H,4-7,12H2,1-3H3. The number of furan rings is 1. The van der Waals surface area contributed by atoms with Crippen LogP contribution in [0.2, 0.25) is 0 Å². The van der Waals surface area contributed by atoms with Gasteiger partial charge in [0.2, 0.25) is 10.0 Å². The first-order chi connectivity index (χ1) is 7.94. The normalized spacial score (nSPS) is 12.0. The first-order valence-corrected chi connectivity index (χ1v) is 7.21. The first-order valence-electron chi connectivity index (χ1n) is 5.72. The van der Waals surface area contributed by atoms with Crippen LogP contribution >= 0.6 is 0 Å². The molecule has 0 spiro atoms. The van der Waals surface area contributed by atoms with E-state index in [-0.39, 0.29) is 11.4 Å². The Morgan fingerprint density at radius 3 is 2.47 bits per heavy atom. The van der Waals surface area contributed by atoms with E-state index in [9.17, 15) is 8.42 Å². The maximum Gasteiger partial charge on any atom is 0.244 e. The Labute approximate surface area is 102 Å². The number of hydrogen-bond donors (Lipinski definition) is 2. The maximum atomic E-state index is 12.1. The molecule has 5 nitrogen and oxygen atoms in total. The van der Waals surface area contributed by atoms with Crippen molar-refractivity contribution in [1.82, 2.24) is 4.72 Å². The number of unbranched alkanes of at least 4 members (excludes halogenated alkanes) is 1. The number of aryl methyl sites for hydroxylation is 2. The van der Waals surface area contributed by atoms with Crippen molar-refractivity contribution in [3.63, 3.8) is 0 Å². The van der Waals surface area contributed by atoms with E-state index in [1.165, 1.54) is 0 Å². The van der Waals surface area contributed by atoms with Crippen molar-refractivity contribution in [2.75, 3.05) is 6.54 Å². The summed E-state index contributed by atoms with van der Waals surface area (Å²) in [6, 6.07) is 0. The molecule has 1 rings (SSSR count). The molecule has 0 aromatic carbocycles. The van der Waals surface area contributed by atoms with E-state index >= 15 is 0 Å². The maximum absolute atomic E-state index is 12.1. The SMILES string of the molecule is CCCCNS(=O)(=O)c1c(C)oc(C)c1CN. The molecule has 0 radical (unpaired) electrons. The molecule has 3 N–H and O–H groups in total. The molecule has 0 unspecified atom stereocenters. The summed E-state index contributed by atoms with van der Waals surface area (Å²) >= 11 is 0. The van der Waals surface area contributed by atoms with Gasteiger partial charge in [0.05, 0.1) is 0 Å². The molecule has 0 saturated heterocycles. The van der Waals surface area contributed by atoms with Gasteiger partial charge in [-0.3, -0.25) is 0 Å². The predicted molar refractivity (Wildman–Crippen MR) is 66.2 cm³/mol. The highest BCUT2D eigenvalue weighted by atomic mass is 32.2. The van der Waals surface area contributed by atoms with Gasteiger partial charge in [0.1, 0.15) is 16.4 Å². The molecule has 0 aliphatic heterocycles. The summed E-state index contributed by atoms with van der Waals surface area (Å²) in [6.07, 6.45) is 1.75. The monoisotopic (exact) mass is 260 g/mol. The van der Waals surface area contributed by atoms with Crippen LogP contribution in [0.1, 0.15) is 36.8 Å². The molecule has 1 heterocycles. The molecule has 0 bridgehead atoms. The van der Waals surface area contributed by atoms with E-state index in [0.717, 1.165) is 12.8 Å². The van der Waals surface area contributed by atoms with Crippen LogP contribution in [0.5, 0.6) is 0 Å². The smallest absolute Gasteiger partial charge is 0.244 e. The number of nitrogens with one attached hydrogen (secondary N) is 1. The molecule has 0 amide bonds. The third-order valence-electron chi connectivity index (χ3n) is 2.62. The van der Waals surface area contributed by atoms with Gasteiger partial charge in [-0.2, -0.15) is 0 Å². The summed E-state index contributed by atoms with van der Waals surface area (Å²) in [7, 11) is -3.51. The third-order valence-corrected chi connectivity index (χ3v) is 4.28. The second-order valence-corrected chi connectivity index (χ2v) is 5.68. The number of sulfonamides is 1. The van der Waals surface area contributed by atoms with Gasteiger partial charge in [-0.1, -0.05) is 13.3 Å². The van der Waals surface area contributed by atoms with Crippen molar-refractivity contribution in [1.29, 1.82) is 0 Å². The van der Waals surface area contributed by atoms with Crippen LogP contribution in [-0.4, -0.2) is 15.0 Å². The zero-order valence-corrected chi connectivity index (χ0v) is 11.4. The molecule has 0 aliphatic rings. The van der Waals surface area contributed by atoms with Crippen LogP contribution in [0.4, 0.5) is 0 Å². The van der Waals surface area contributed by atoms with E-state index < -0.39 is 10.0 Å². The number of hydrogen-bond acceptors (Lipinski definition) is 4. The number of nitrogens with two attached hydrogens (primary N) is 1. The second kappa shape index (κ2) is 5.66. The van der Waals surface area contributed by atoms with Crippen molar-refractivity contribution >= 4 is 10.0 Å². The van der Waals surface area contributed by atoms with Crippen LogP contribution < -0.4 is 10.5 Å². The lowest BCUT2D eigenvalue weighted by Crippen LogP contribution is -2.26. The van der Waals surface area contributed by atoms with Crippen molar-refractivity contribution in [2.24, 2.45) is 5.73 Å². The average molecular weight is 260 g/mol. The third kappa shape index (κ3) is 3.08. The highest BCUT2D eigenvalue weighted by Gasteiger charge is 2.25. The van der Waals surface area contributed by atoms with Gasteiger partial charge in [-0.15, -0.1) is 0 Å². The molecule has 1 aromatic rings. The largest absolute Gasteiger partial charge is 0.465 e. The van der Waals surface area contributed by atoms with Gasteiger partial charge in [-0.25, -0.2) is 13.1 Å². The predicted octanol–water partition coefficient (Wildman–Crippen LogP) is 1.43. The Kier molecular flexibility index (Phi) is 4.73. The summed E-state index contributed by atoms with van der Waals surface area (Å²) in [5.41, 5.74) is 6.13. The van der Waals surface area contributed by atoms with E-state index in [0.29, 0.717) is 23.6 Å². The summed E-state index contributed by atoms with van der Waals surface area (Å²) in [6.45, 7) is 5.97. The summed E-state index contributed by atoms with van der Waals surface area (Å²) in [5.74, 6) is 0.966. The molecular weight excluding hydrogens is 240 g/mol. The lowest BCUT2D eigenvalue weighted by molar-refractivity contribution is 0.494. The summed E-state index contributed by atoms with van der Waals surface area (Å²) in [4.78, 5) is 0.202. The van der Waals surface area contributed by atoms with Crippen LogP contribution in [0, 0.1) is 13.8 Å². The van der Waals surface area contributed by atoms with Gasteiger partial charge < -0.3 is 10.2 Å². The minimum absolute atomic E-state index is 0.160. The fraction of sp³-hybridized carbons (Fsp3) is 0.636. The van der Waals surface area contributed by atoms with Crippen LogP contribution in [-0.2, 0) is 16.6 Å². The second-order valence-electron chi connectivity index (χ2n) is 3.98. The van der Waals surface area contributed by atoms with Gasteiger partial charge in [0.15, 0.2) is 0 Å². The topological polar surface area (TPSA) is 85.3 Å². The van der Waals surface area contributed by atoms with Crippen LogP contribution in [0.25, 0.3) is 0 Å². The molecule has 98 valence electrons. The lowest BCUT2D eigenvalue weighted by atomic mass is 10.2. The van der Waals surface area contributed by atoms with Crippen LogP contribution in [0.15, 0.2) is 9.31 Å². The van der Waals surface area contributed by atoms with Crippen LogP contribution in [0.3, 0.4) is 0 Å². The van der Waals surface area contributed by atoms with E-state index in [2.05, 4.69) is 4.72 Å². The molecule has 0 saturated carbocycles. The molecule has 1 aromatic heterocycles. The summed E-state index contributed by atoms with van der Waals surface area (Å²) in [5, 5.41) is 0. The van der Waals surface area contributed by atoms with E-state index in [1.54, 1.807) is 13.8 Å². The Balaban J connectivity index is 3.06. The lowest BCUT2D eigenvalue weighted by Gasteiger charge is -2.06. The Morgan fingerprint density at radius 1 is 1.29 bits per heavy atom. The number of rotatable bonds is 6. The van der Waals surface area contributed by atoms with Crippen molar-refractivity contribution in [3.8, 4) is 0 Å². The molecule has 0 atom stereocenters. The van der Waals surface area contributed by atoms with E-state index in [4.69, 9.17) is 10.2 Å². The Bertz CT molecular complexity index is 477. The molecule has 17 heavy (non-hydrogen) atoms. The quantitative estimate of drug-likeness (QED) is 0.758. The Morgan fingerprint density at radius 2 is 1.94 bits per heavy atom. The molecule has 0 aliphatic carbocycles. The minimum atomic E-state index is -3.51. The first kappa shape index (κ1) is 14.2. The zero-order valence-electron chi connectivity index (χ0n) is 10.5. The highest BCUT2D eigenvalue weighted by Crippen LogP contribution is 2.25. The van der Waals surface area contributed by atoms with Gasteiger partial charge >= 0.3 is 0 Å². The molecular formula is C11H20N2O3S. The fourth-order valence-electron chi connectivity index (χ4n) is 1.75. The molecule has 0 fully saturated rings. The van der Waals surface area contributed by atoms with Gasteiger partial charge in [-0.05, 0) is 20.3 Å². The fourth-order valence-corrected chi connectivity index (χ4v) is 3.28.